The highest BCUT2D eigenvalue weighted by Crippen LogP contribution is 2.32. The minimum Gasteiger partial charge on any atom is -0.506 e. The zero-order valence-corrected chi connectivity index (χ0v) is 25.8. The van der Waals surface area contributed by atoms with E-state index in [2.05, 4.69) is 67.9 Å². The van der Waals surface area contributed by atoms with Crippen molar-refractivity contribution in [3.63, 3.8) is 0 Å². The molecule has 0 saturated heterocycles. The Hall–Kier alpha value is -3.58. The maximum absolute atomic E-state index is 13.3. The number of nitrogens with one attached hydrogen (secondary N) is 1. The highest BCUT2D eigenvalue weighted by molar-refractivity contribution is 6.51. The molecule has 222 valence electrons. The maximum Gasteiger partial charge on any atom is 0.208 e. The van der Waals surface area contributed by atoms with Crippen LogP contribution in [-0.4, -0.2) is 54.5 Å². The molecule has 41 heavy (non-hydrogen) atoms. The summed E-state index contributed by atoms with van der Waals surface area (Å²) in [4.78, 5) is 22.6. The Morgan fingerprint density at radius 2 is 1.51 bits per heavy atom. The molecule has 2 aromatic rings. The van der Waals surface area contributed by atoms with E-state index in [1.54, 1.807) is 0 Å². The van der Waals surface area contributed by atoms with E-state index in [0.29, 0.717) is 24.4 Å². The molecule has 2 aromatic carbocycles. The summed E-state index contributed by atoms with van der Waals surface area (Å²) in [7, 11) is 0. The monoisotopic (exact) mass is 560 g/mol. The van der Waals surface area contributed by atoms with Crippen molar-refractivity contribution in [1.29, 1.82) is 0 Å². The first-order valence-electron chi connectivity index (χ1n) is 15.1. The SMILES string of the molecule is CCCCCC1=C(Nc2ccc(N(CC)CCC)cc2C)C(O)=CC(=O)C1=Nc1ccc(N(CC)CCO)cc1C. The van der Waals surface area contributed by atoms with Crippen LogP contribution in [-0.2, 0) is 4.79 Å². The molecule has 1 aliphatic carbocycles. The van der Waals surface area contributed by atoms with Crippen LogP contribution in [0.4, 0.5) is 22.7 Å². The lowest BCUT2D eigenvalue weighted by atomic mass is 9.92. The largest absolute Gasteiger partial charge is 0.506 e. The number of unbranched alkanes of at least 4 members (excludes halogenated alkanes) is 2. The van der Waals surface area contributed by atoms with Crippen LogP contribution in [0, 0.1) is 13.8 Å². The van der Waals surface area contributed by atoms with Gasteiger partial charge >= 0.3 is 0 Å². The predicted molar refractivity (Wildman–Crippen MR) is 173 cm³/mol. The van der Waals surface area contributed by atoms with Crippen LogP contribution < -0.4 is 15.1 Å². The molecule has 0 amide bonds. The number of hydrogen-bond acceptors (Lipinski definition) is 7. The average molecular weight is 561 g/mol. The number of ketones is 1. The van der Waals surface area contributed by atoms with Crippen LogP contribution in [0.2, 0.25) is 0 Å². The van der Waals surface area contributed by atoms with Crippen LogP contribution in [0.5, 0.6) is 0 Å². The van der Waals surface area contributed by atoms with Crippen LogP contribution in [0.3, 0.4) is 0 Å². The second kappa shape index (κ2) is 15.4. The van der Waals surface area contributed by atoms with Gasteiger partial charge in [-0.2, -0.15) is 0 Å². The molecule has 7 nitrogen and oxygen atoms in total. The van der Waals surface area contributed by atoms with Crippen LogP contribution in [0.25, 0.3) is 0 Å². The topological polar surface area (TPSA) is 88.4 Å². The predicted octanol–water partition coefficient (Wildman–Crippen LogP) is 7.40. The molecule has 0 unspecified atom stereocenters. The van der Waals surface area contributed by atoms with Gasteiger partial charge in [-0.1, -0.05) is 26.7 Å². The van der Waals surface area contributed by atoms with Gasteiger partial charge in [-0.25, -0.2) is 4.99 Å². The molecule has 0 radical (unpaired) electrons. The maximum atomic E-state index is 13.3. The van der Waals surface area contributed by atoms with E-state index in [9.17, 15) is 15.0 Å². The summed E-state index contributed by atoms with van der Waals surface area (Å²) in [5.41, 5.74) is 7.46. The van der Waals surface area contributed by atoms with E-state index in [4.69, 9.17) is 4.99 Å². The first kappa shape index (κ1) is 31.9. The molecule has 0 fully saturated rings. The van der Waals surface area contributed by atoms with E-state index in [-0.39, 0.29) is 18.1 Å². The quantitative estimate of drug-likeness (QED) is 0.155. The van der Waals surface area contributed by atoms with Crippen LogP contribution in [0.1, 0.15) is 70.9 Å². The summed E-state index contributed by atoms with van der Waals surface area (Å²) in [6.07, 6.45) is 5.95. The van der Waals surface area contributed by atoms with E-state index >= 15 is 0 Å². The van der Waals surface area contributed by atoms with Gasteiger partial charge in [0.05, 0.1) is 18.0 Å². The summed E-state index contributed by atoms with van der Waals surface area (Å²) >= 11 is 0. The summed E-state index contributed by atoms with van der Waals surface area (Å²) in [5, 5.41) is 23.9. The number of allylic oxidation sites excluding steroid dienone is 2. The first-order valence-corrected chi connectivity index (χ1v) is 15.1. The molecule has 0 bridgehead atoms. The lowest BCUT2D eigenvalue weighted by Crippen LogP contribution is -2.26. The van der Waals surface area contributed by atoms with Crippen molar-refractivity contribution in [2.24, 2.45) is 4.99 Å². The van der Waals surface area contributed by atoms with Crippen molar-refractivity contribution in [1.82, 2.24) is 0 Å². The Labute approximate surface area is 246 Å². The molecule has 7 heteroatoms. The molecule has 1 aliphatic rings. The van der Waals surface area contributed by atoms with Gasteiger partial charge in [0.1, 0.15) is 11.5 Å². The molecular weight excluding hydrogens is 512 g/mol. The number of hydrogen-bond donors (Lipinski definition) is 3. The molecule has 0 aromatic heterocycles. The molecule has 3 N–H and O–H groups in total. The Balaban J connectivity index is 2.05. The minimum atomic E-state index is -0.288. The molecular formula is C34H48N4O3. The summed E-state index contributed by atoms with van der Waals surface area (Å²) in [5.74, 6) is -0.344. The van der Waals surface area contributed by atoms with Gasteiger partial charge in [0, 0.05) is 54.9 Å². The number of carbonyl (C=O) groups excluding carboxylic acids is 1. The van der Waals surface area contributed by atoms with E-state index in [1.807, 2.05) is 25.1 Å². The number of rotatable bonds is 15. The third kappa shape index (κ3) is 8.00. The summed E-state index contributed by atoms with van der Waals surface area (Å²) in [6.45, 7) is 16.0. The lowest BCUT2D eigenvalue weighted by molar-refractivity contribution is -0.109. The van der Waals surface area contributed by atoms with Gasteiger partial charge < -0.3 is 25.3 Å². The van der Waals surface area contributed by atoms with E-state index < -0.39 is 0 Å². The Morgan fingerprint density at radius 3 is 2.10 bits per heavy atom. The summed E-state index contributed by atoms with van der Waals surface area (Å²) < 4.78 is 0. The molecule has 0 heterocycles. The average Bonchev–Trinajstić information content (AvgIpc) is 2.95. The number of anilines is 3. The molecule has 3 rings (SSSR count). The van der Waals surface area contributed by atoms with Gasteiger partial charge in [0.15, 0.2) is 0 Å². The van der Waals surface area contributed by atoms with Crippen molar-refractivity contribution in [3.8, 4) is 0 Å². The fourth-order valence-electron chi connectivity index (χ4n) is 5.28. The third-order valence-electron chi connectivity index (χ3n) is 7.61. The number of carbonyl (C=O) groups is 1. The first-order chi connectivity index (χ1) is 19.8. The molecule has 0 aliphatic heterocycles. The zero-order chi connectivity index (χ0) is 29.9. The number of aliphatic hydroxyl groups excluding tert-OH is 2. The standard InChI is InChI=1S/C34H48N4O3/c1-7-11-12-13-28-33(35-29-16-14-26(21-24(29)5)37(9-3)18-8-2)31(40)23-32(41)34(28)36-30-17-15-27(22-25(30)6)38(10-4)19-20-39/h14-17,21-23,35,39-40H,7-13,18-20H2,1-6H3. The highest BCUT2D eigenvalue weighted by Gasteiger charge is 2.27. The highest BCUT2D eigenvalue weighted by atomic mass is 16.3. The lowest BCUT2D eigenvalue weighted by Gasteiger charge is -2.25. The molecule has 0 spiro atoms. The summed E-state index contributed by atoms with van der Waals surface area (Å²) in [6, 6.07) is 12.3. The van der Waals surface area contributed by atoms with Crippen molar-refractivity contribution in [2.45, 2.75) is 73.6 Å². The fraction of sp³-hybridized carbons (Fsp3) is 0.471. The zero-order valence-electron chi connectivity index (χ0n) is 25.8. The van der Waals surface area contributed by atoms with Gasteiger partial charge in [-0.3, -0.25) is 4.79 Å². The van der Waals surface area contributed by atoms with Gasteiger partial charge in [-0.15, -0.1) is 0 Å². The van der Waals surface area contributed by atoms with Gasteiger partial charge in [-0.05, 0) is 94.5 Å². The fourth-order valence-corrected chi connectivity index (χ4v) is 5.28. The van der Waals surface area contributed by atoms with Gasteiger partial charge in [0.25, 0.3) is 0 Å². The number of nitrogens with zero attached hydrogens (tertiary/aromatic N) is 3. The minimum absolute atomic E-state index is 0.0558. The normalized spacial score (nSPS) is 14.5. The van der Waals surface area contributed by atoms with E-state index in [1.165, 1.54) is 11.8 Å². The second-order valence-electron chi connectivity index (χ2n) is 10.6. The van der Waals surface area contributed by atoms with Crippen LogP contribution in [0.15, 0.2) is 64.5 Å². The Morgan fingerprint density at radius 1 is 0.854 bits per heavy atom. The Bertz CT molecular complexity index is 1290. The van der Waals surface area contributed by atoms with Crippen molar-refractivity contribution < 1.29 is 15.0 Å². The number of aliphatic imine (C=N–C) groups is 1. The van der Waals surface area contributed by atoms with Crippen LogP contribution >= 0.6 is 0 Å². The van der Waals surface area contributed by atoms with E-state index in [0.717, 1.165) is 79.1 Å². The molecule has 0 saturated carbocycles. The van der Waals surface area contributed by atoms with Crippen molar-refractivity contribution >= 4 is 34.2 Å². The van der Waals surface area contributed by atoms with Gasteiger partial charge in [0.2, 0.25) is 5.78 Å². The Kier molecular flexibility index (Phi) is 12.0. The second-order valence-corrected chi connectivity index (χ2v) is 10.6. The molecule has 0 atom stereocenters. The number of aliphatic hydroxyl groups is 2. The van der Waals surface area contributed by atoms with Crippen molar-refractivity contribution in [2.75, 3.05) is 47.9 Å². The smallest absolute Gasteiger partial charge is 0.208 e. The third-order valence-corrected chi connectivity index (χ3v) is 7.61. The van der Waals surface area contributed by atoms with Crippen molar-refractivity contribution in [3.05, 3.63) is 70.6 Å². The number of benzene rings is 2. The number of likely N-dealkylation sites (N-methyl/N-ethyl adjacent to an activating group) is 1. The number of aryl methyl sites for hydroxylation is 2.